The van der Waals surface area contributed by atoms with Gasteiger partial charge in [-0.05, 0) is 38.7 Å². The minimum absolute atomic E-state index is 0.336. The Bertz CT molecular complexity index is 318. The van der Waals surface area contributed by atoms with E-state index in [4.69, 9.17) is 4.74 Å². The molecular formula is C13H19NO2. The molecule has 1 aliphatic heterocycles. The summed E-state index contributed by atoms with van der Waals surface area (Å²) in [5, 5.41) is 10.4. The fourth-order valence-corrected chi connectivity index (χ4v) is 2.14. The molecular weight excluding hydrogens is 202 g/mol. The van der Waals surface area contributed by atoms with Crippen molar-refractivity contribution < 1.29 is 9.84 Å². The number of aliphatic hydroxyl groups is 1. The van der Waals surface area contributed by atoms with Gasteiger partial charge in [0.15, 0.2) is 0 Å². The van der Waals surface area contributed by atoms with Gasteiger partial charge >= 0.3 is 0 Å². The second-order valence-corrected chi connectivity index (χ2v) is 4.69. The number of hydrogen-bond donors (Lipinski definition) is 1. The molecule has 1 aromatic heterocycles. The highest BCUT2D eigenvalue weighted by atomic mass is 16.5. The number of pyridine rings is 1. The molecule has 2 atom stereocenters. The van der Waals surface area contributed by atoms with Crippen LogP contribution in [0.15, 0.2) is 24.5 Å². The number of nitrogens with zero attached hydrogens (tertiary/aromatic N) is 1. The maximum absolute atomic E-state index is 10.4. The fraction of sp³-hybridized carbons (Fsp3) is 0.615. The molecule has 1 saturated heterocycles. The summed E-state index contributed by atoms with van der Waals surface area (Å²) in [5.74, 6) is 0. The van der Waals surface area contributed by atoms with E-state index < -0.39 is 5.60 Å². The SMILES string of the molecule is CC(O)(CCC1CCCO1)c1cccnc1. The summed E-state index contributed by atoms with van der Waals surface area (Å²) < 4.78 is 5.56. The topological polar surface area (TPSA) is 42.4 Å². The third-order valence-corrected chi connectivity index (χ3v) is 3.26. The minimum atomic E-state index is -0.791. The zero-order chi connectivity index (χ0) is 11.4. The predicted molar refractivity (Wildman–Crippen MR) is 62.0 cm³/mol. The van der Waals surface area contributed by atoms with Crippen molar-refractivity contribution in [3.63, 3.8) is 0 Å². The van der Waals surface area contributed by atoms with E-state index in [-0.39, 0.29) is 0 Å². The van der Waals surface area contributed by atoms with Crippen LogP contribution < -0.4 is 0 Å². The van der Waals surface area contributed by atoms with Crippen molar-refractivity contribution in [2.75, 3.05) is 6.61 Å². The lowest BCUT2D eigenvalue weighted by molar-refractivity contribution is 0.0218. The largest absolute Gasteiger partial charge is 0.385 e. The lowest BCUT2D eigenvalue weighted by atomic mass is 9.91. The summed E-state index contributed by atoms with van der Waals surface area (Å²) in [6.07, 6.45) is 7.71. The second-order valence-electron chi connectivity index (χ2n) is 4.69. The molecule has 88 valence electrons. The summed E-state index contributed by atoms with van der Waals surface area (Å²) >= 11 is 0. The number of rotatable bonds is 4. The van der Waals surface area contributed by atoms with Gasteiger partial charge in [0.2, 0.25) is 0 Å². The Labute approximate surface area is 96.5 Å². The van der Waals surface area contributed by atoms with Crippen LogP contribution in [0.25, 0.3) is 0 Å². The van der Waals surface area contributed by atoms with Crippen molar-refractivity contribution in [2.24, 2.45) is 0 Å². The maximum Gasteiger partial charge on any atom is 0.0884 e. The van der Waals surface area contributed by atoms with Crippen LogP contribution in [-0.4, -0.2) is 22.8 Å². The van der Waals surface area contributed by atoms with Gasteiger partial charge in [-0.3, -0.25) is 4.98 Å². The van der Waals surface area contributed by atoms with Gasteiger partial charge < -0.3 is 9.84 Å². The molecule has 1 aromatic rings. The lowest BCUT2D eigenvalue weighted by Crippen LogP contribution is -2.23. The Morgan fingerprint density at radius 1 is 1.62 bits per heavy atom. The maximum atomic E-state index is 10.4. The van der Waals surface area contributed by atoms with Crippen LogP contribution in [0.4, 0.5) is 0 Å². The van der Waals surface area contributed by atoms with E-state index in [0.717, 1.165) is 37.9 Å². The number of hydrogen-bond acceptors (Lipinski definition) is 3. The zero-order valence-electron chi connectivity index (χ0n) is 9.72. The van der Waals surface area contributed by atoms with Gasteiger partial charge in [-0.1, -0.05) is 6.07 Å². The average Bonchev–Trinajstić information content (AvgIpc) is 2.81. The van der Waals surface area contributed by atoms with Crippen LogP contribution in [0.1, 0.15) is 38.2 Å². The Hall–Kier alpha value is -0.930. The van der Waals surface area contributed by atoms with Gasteiger partial charge in [-0.2, -0.15) is 0 Å². The first-order chi connectivity index (χ1) is 7.68. The summed E-state index contributed by atoms with van der Waals surface area (Å²) in [6, 6.07) is 3.78. The lowest BCUT2D eigenvalue weighted by Gasteiger charge is -2.24. The van der Waals surface area contributed by atoms with Gasteiger partial charge in [0.1, 0.15) is 0 Å². The molecule has 1 N–H and O–H groups in total. The first-order valence-corrected chi connectivity index (χ1v) is 5.93. The fourth-order valence-electron chi connectivity index (χ4n) is 2.14. The van der Waals surface area contributed by atoms with Crippen molar-refractivity contribution in [3.05, 3.63) is 30.1 Å². The highest BCUT2D eigenvalue weighted by Crippen LogP contribution is 2.28. The van der Waals surface area contributed by atoms with Crippen LogP contribution >= 0.6 is 0 Å². The van der Waals surface area contributed by atoms with Crippen molar-refractivity contribution in [1.82, 2.24) is 4.98 Å². The third-order valence-electron chi connectivity index (χ3n) is 3.26. The quantitative estimate of drug-likeness (QED) is 0.848. The zero-order valence-corrected chi connectivity index (χ0v) is 9.72. The van der Waals surface area contributed by atoms with Gasteiger partial charge in [0.25, 0.3) is 0 Å². The van der Waals surface area contributed by atoms with E-state index in [1.54, 1.807) is 12.4 Å². The molecule has 1 aliphatic rings. The van der Waals surface area contributed by atoms with E-state index in [1.165, 1.54) is 0 Å². The van der Waals surface area contributed by atoms with Gasteiger partial charge in [-0.15, -0.1) is 0 Å². The van der Waals surface area contributed by atoms with E-state index in [9.17, 15) is 5.11 Å². The Morgan fingerprint density at radius 2 is 2.50 bits per heavy atom. The highest BCUT2D eigenvalue weighted by Gasteiger charge is 2.26. The number of aromatic nitrogens is 1. The molecule has 3 nitrogen and oxygen atoms in total. The second kappa shape index (κ2) is 4.93. The Kier molecular flexibility index (Phi) is 3.56. The van der Waals surface area contributed by atoms with Crippen molar-refractivity contribution in [3.8, 4) is 0 Å². The molecule has 1 fully saturated rings. The summed E-state index contributed by atoms with van der Waals surface area (Å²) in [4.78, 5) is 4.04. The van der Waals surface area contributed by atoms with Gasteiger partial charge in [0, 0.05) is 24.6 Å². The van der Waals surface area contributed by atoms with Gasteiger partial charge in [0.05, 0.1) is 11.7 Å². The molecule has 2 heterocycles. The van der Waals surface area contributed by atoms with E-state index in [2.05, 4.69) is 4.98 Å². The molecule has 0 spiro atoms. The molecule has 3 heteroatoms. The van der Waals surface area contributed by atoms with E-state index >= 15 is 0 Å². The first kappa shape index (κ1) is 11.6. The first-order valence-electron chi connectivity index (χ1n) is 5.93. The average molecular weight is 221 g/mol. The van der Waals surface area contributed by atoms with Crippen LogP contribution in [0.5, 0.6) is 0 Å². The summed E-state index contributed by atoms with van der Waals surface area (Å²) in [5.41, 5.74) is 0.0909. The predicted octanol–water partition coefficient (Wildman–Crippen LogP) is 2.25. The summed E-state index contributed by atoms with van der Waals surface area (Å²) in [6.45, 7) is 2.72. The van der Waals surface area contributed by atoms with Crippen LogP contribution in [-0.2, 0) is 10.3 Å². The molecule has 2 unspecified atom stereocenters. The standard InChI is InChI=1S/C13H19NO2/c1-13(15,11-4-2-8-14-10-11)7-6-12-5-3-9-16-12/h2,4,8,10,12,15H,3,5-7,9H2,1H3. The van der Waals surface area contributed by atoms with Crippen molar-refractivity contribution in [2.45, 2.75) is 44.3 Å². The Balaban J connectivity index is 1.92. The van der Waals surface area contributed by atoms with Crippen LogP contribution in [0, 0.1) is 0 Å². The minimum Gasteiger partial charge on any atom is -0.385 e. The Morgan fingerprint density at radius 3 is 3.12 bits per heavy atom. The van der Waals surface area contributed by atoms with Crippen molar-refractivity contribution >= 4 is 0 Å². The highest BCUT2D eigenvalue weighted by molar-refractivity contribution is 5.16. The van der Waals surface area contributed by atoms with E-state index in [0.29, 0.717) is 6.10 Å². The summed E-state index contributed by atoms with van der Waals surface area (Å²) in [7, 11) is 0. The van der Waals surface area contributed by atoms with Crippen molar-refractivity contribution in [1.29, 1.82) is 0 Å². The molecule has 0 radical (unpaired) electrons. The molecule has 16 heavy (non-hydrogen) atoms. The van der Waals surface area contributed by atoms with Crippen LogP contribution in [0.3, 0.4) is 0 Å². The normalized spacial score (nSPS) is 24.2. The molecule has 0 saturated carbocycles. The van der Waals surface area contributed by atoms with Crippen LogP contribution in [0.2, 0.25) is 0 Å². The third kappa shape index (κ3) is 2.80. The molecule has 0 amide bonds. The number of ether oxygens (including phenoxy) is 1. The molecule has 2 rings (SSSR count). The monoisotopic (exact) mass is 221 g/mol. The van der Waals surface area contributed by atoms with Gasteiger partial charge in [-0.25, -0.2) is 0 Å². The van der Waals surface area contributed by atoms with E-state index in [1.807, 2.05) is 19.1 Å². The molecule has 0 bridgehead atoms. The smallest absolute Gasteiger partial charge is 0.0884 e. The molecule has 0 aromatic carbocycles. The molecule has 0 aliphatic carbocycles.